The zero-order chi connectivity index (χ0) is 20.4. The maximum absolute atomic E-state index is 14.6. The Hall–Kier alpha value is -3.76. The molecular weight excluding hydrogens is 373 g/mol. The number of carbonyl (C=O) groups excluding carboxylic acids is 1. The van der Waals surface area contributed by atoms with E-state index in [1.165, 1.54) is 12.4 Å². The van der Waals surface area contributed by atoms with Gasteiger partial charge >= 0.3 is 5.97 Å². The van der Waals surface area contributed by atoms with Gasteiger partial charge < -0.3 is 0 Å². The lowest BCUT2D eigenvalue weighted by Crippen LogP contribution is -2.10. The SMILES string of the molecule is C#Cc1ccc2c(c1)C(c1ccccc1F)=NCc1c(C(=O)OOCC)ncn1-2. The number of imidazole rings is 1. The van der Waals surface area contributed by atoms with Crippen LogP contribution in [0.2, 0.25) is 0 Å². The summed E-state index contributed by atoms with van der Waals surface area (Å²) in [7, 11) is 0. The van der Waals surface area contributed by atoms with Crippen LogP contribution in [0.15, 0.2) is 53.8 Å². The van der Waals surface area contributed by atoms with Gasteiger partial charge in [0.05, 0.1) is 30.2 Å². The summed E-state index contributed by atoms with van der Waals surface area (Å²) >= 11 is 0. The number of rotatable bonds is 4. The average Bonchev–Trinajstić information content (AvgIpc) is 3.10. The highest BCUT2D eigenvalue weighted by atomic mass is 19.1. The smallest absolute Gasteiger partial charge is 0.300 e. The molecule has 1 aromatic heterocycles. The molecule has 0 amide bonds. The Bertz CT molecular complexity index is 1170. The molecule has 0 saturated carbocycles. The van der Waals surface area contributed by atoms with Gasteiger partial charge in [-0.1, -0.05) is 18.1 Å². The van der Waals surface area contributed by atoms with Crippen LogP contribution in [0.5, 0.6) is 0 Å². The van der Waals surface area contributed by atoms with Crippen molar-refractivity contribution >= 4 is 11.7 Å². The summed E-state index contributed by atoms with van der Waals surface area (Å²) in [6.07, 6.45) is 7.07. The summed E-state index contributed by atoms with van der Waals surface area (Å²) < 4.78 is 16.3. The predicted molar refractivity (Wildman–Crippen MR) is 104 cm³/mol. The van der Waals surface area contributed by atoms with Gasteiger partial charge in [0.25, 0.3) is 0 Å². The Morgan fingerprint density at radius 3 is 2.86 bits per heavy atom. The minimum Gasteiger partial charge on any atom is -0.300 e. The number of fused-ring (bicyclic) bond motifs is 3. The summed E-state index contributed by atoms with van der Waals surface area (Å²) in [4.78, 5) is 30.6. The number of terminal acetylenes is 1. The van der Waals surface area contributed by atoms with Crippen molar-refractivity contribution < 1.29 is 19.0 Å². The molecule has 2 aromatic carbocycles. The van der Waals surface area contributed by atoms with Crippen LogP contribution in [0.4, 0.5) is 4.39 Å². The van der Waals surface area contributed by atoms with Gasteiger partial charge in [-0.2, -0.15) is 4.89 Å². The lowest BCUT2D eigenvalue weighted by atomic mass is 9.98. The van der Waals surface area contributed by atoms with E-state index < -0.39 is 11.8 Å². The fourth-order valence-electron chi connectivity index (χ4n) is 3.20. The molecule has 1 aliphatic rings. The number of carbonyl (C=O) groups is 1. The first kappa shape index (κ1) is 18.6. The van der Waals surface area contributed by atoms with Gasteiger partial charge in [0.15, 0.2) is 5.69 Å². The van der Waals surface area contributed by atoms with Gasteiger partial charge in [-0.3, -0.25) is 14.4 Å². The third kappa shape index (κ3) is 3.30. The van der Waals surface area contributed by atoms with E-state index in [1.54, 1.807) is 47.9 Å². The second-order valence-electron chi connectivity index (χ2n) is 6.21. The number of halogens is 1. The highest BCUT2D eigenvalue weighted by Gasteiger charge is 2.26. The Balaban J connectivity index is 1.91. The molecule has 0 bridgehead atoms. The molecular formula is C22H16FN3O3. The number of hydrogen-bond donors (Lipinski definition) is 0. The molecule has 7 heteroatoms. The molecule has 0 unspecified atom stereocenters. The first-order chi connectivity index (χ1) is 14.1. The van der Waals surface area contributed by atoms with E-state index in [1.807, 2.05) is 0 Å². The molecule has 0 N–H and O–H groups in total. The minimum absolute atomic E-state index is 0.0870. The molecule has 1 aliphatic heterocycles. The average molecular weight is 389 g/mol. The Morgan fingerprint density at radius 1 is 1.28 bits per heavy atom. The minimum atomic E-state index is -0.716. The van der Waals surface area contributed by atoms with Crippen molar-refractivity contribution in [2.45, 2.75) is 13.5 Å². The highest BCUT2D eigenvalue weighted by molar-refractivity contribution is 6.15. The lowest BCUT2D eigenvalue weighted by Gasteiger charge is -2.13. The van der Waals surface area contributed by atoms with E-state index in [-0.39, 0.29) is 18.8 Å². The maximum atomic E-state index is 14.6. The highest BCUT2D eigenvalue weighted by Crippen LogP contribution is 2.28. The normalized spacial score (nSPS) is 12.2. The molecule has 0 fully saturated rings. The van der Waals surface area contributed by atoms with Crippen molar-refractivity contribution in [2.75, 3.05) is 6.61 Å². The molecule has 2 heterocycles. The van der Waals surface area contributed by atoms with Crippen LogP contribution in [0.25, 0.3) is 5.69 Å². The second-order valence-corrected chi connectivity index (χ2v) is 6.21. The van der Waals surface area contributed by atoms with Crippen LogP contribution in [-0.4, -0.2) is 27.8 Å². The molecule has 4 rings (SSSR count). The number of nitrogens with zero attached hydrogens (tertiary/aromatic N) is 3. The fraction of sp³-hybridized carbons (Fsp3) is 0.136. The monoisotopic (exact) mass is 389 g/mol. The van der Waals surface area contributed by atoms with E-state index in [0.29, 0.717) is 33.8 Å². The summed E-state index contributed by atoms with van der Waals surface area (Å²) in [5.74, 6) is 1.48. The van der Waals surface area contributed by atoms with Crippen molar-refractivity contribution in [3.8, 4) is 18.0 Å². The number of hydrogen-bond acceptors (Lipinski definition) is 5. The Kier molecular flexibility index (Phi) is 4.94. The van der Waals surface area contributed by atoms with Crippen LogP contribution in [0.3, 0.4) is 0 Å². The van der Waals surface area contributed by atoms with E-state index in [0.717, 1.165) is 0 Å². The topological polar surface area (TPSA) is 65.7 Å². The first-order valence-electron chi connectivity index (χ1n) is 8.94. The second kappa shape index (κ2) is 7.70. The molecule has 6 nitrogen and oxygen atoms in total. The molecule has 0 saturated heterocycles. The summed E-state index contributed by atoms with van der Waals surface area (Å²) in [5.41, 5.74) is 3.35. The van der Waals surface area contributed by atoms with Crippen LogP contribution >= 0.6 is 0 Å². The molecule has 3 aromatic rings. The van der Waals surface area contributed by atoms with Crippen molar-refractivity contribution in [1.29, 1.82) is 0 Å². The van der Waals surface area contributed by atoms with Crippen LogP contribution in [0, 0.1) is 18.2 Å². The summed E-state index contributed by atoms with van der Waals surface area (Å²) in [5, 5.41) is 0. The van der Waals surface area contributed by atoms with Gasteiger partial charge in [-0.15, -0.1) is 6.42 Å². The molecule has 29 heavy (non-hydrogen) atoms. The summed E-state index contributed by atoms with van der Waals surface area (Å²) in [6, 6.07) is 11.7. The maximum Gasteiger partial charge on any atom is 0.393 e. The first-order valence-corrected chi connectivity index (χ1v) is 8.94. The zero-order valence-corrected chi connectivity index (χ0v) is 15.6. The molecule has 0 atom stereocenters. The van der Waals surface area contributed by atoms with Crippen LogP contribution < -0.4 is 0 Å². The van der Waals surface area contributed by atoms with Crippen molar-refractivity contribution in [1.82, 2.24) is 9.55 Å². The van der Waals surface area contributed by atoms with Gasteiger partial charge in [0.1, 0.15) is 12.1 Å². The van der Waals surface area contributed by atoms with Crippen molar-refractivity contribution in [3.05, 3.63) is 82.7 Å². The van der Waals surface area contributed by atoms with Crippen LogP contribution in [0.1, 0.15) is 39.8 Å². The third-order valence-corrected chi connectivity index (χ3v) is 4.51. The van der Waals surface area contributed by atoms with E-state index >= 15 is 0 Å². The number of aromatic nitrogens is 2. The third-order valence-electron chi connectivity index (χ3n) is 4.51. The zero-order valence-electron chi connectivity index (χ0n) is 15.6. The fourth-order valence-corrected chi connectivity index (χ4v) is 3.20. The molecule has 0 spiro atoms. The summed E-state index contributed by atoms with van der Waals surface area (Å²) in [6.45, 7) is 2.01. The van der Waals surface area contributed by atoms with E-state index in [4.69, 9.17) is 16.2 Å². The quantitative estimate of drug-likeness (QED) is 0.389. The lowest BCUT2D eigenvalue weighted by molar-refractivity contribution is -0.237. The molecule has 0 aliphatic carbocycles. The van der Waals surface area contributed by atoms with E-state index in [2.05, 4.69) is 15.9 Å². The van der Waals surface area contributed by atoms with E-state index in [9.17, 15) is 9.18 Å². The van der Waals surface area contributed by atoms with Gasteiger partial charge in [0.2, 0.25) is 0 Å². The van der Waals surface area contributed by atoms with Crippen molar-refractivity contribution in [2.24, 2.45) is 4.99 Å². The standard InChI is InChI=1S/C22H16FN3O3/c1-3-14-9-10-18-16(11-14)20(15-7-5-6-8-17(15)23)24-12-19-21(25-13-26(18)19)22(27)29-28-4-2/h1,5-11,13H,4,12H2,2H3. The Morgan fingerprint density at radius 2 is 2.10 bits per heavy atom. The Labute approximate surface area is 166 Å². The largest absolute Gasteiger partial charge is 0.393 e. The number of benzene rings is 2. The molecule has 0 radical (unpaired) electrons. The van der Waals surface area contributed by atoms with Crippen molar-refractivity contribution in [3.63, 3.8) is 0 Å². The van der Waals surface area contributed by atoms with Crippen LogP contribution in [-0.2, 0) is 16.3 Å². The molecule has 144 valence electrons. The van der Waals surface area contributed by atoms with Gasteiger partial charge in [-0.25, -0.2) is 14.2 Å². The van der Waals surface area contributed by atoms with Gasteiger partial charge in [0, 0.05) is 16.7 Å². The predicted octanol–water partition coefficient (Wildman–Crippen LogP) is 3.45. The number of aliphatic imine (C=N–C) groups is 1. The van der Waals surface area contributed by atoms with Gasteiger partial charge in [-0.05, 0) is 37.3 Å².